The zero-order valence-electron chi connectivity index (χ0n) is 13.2. The highest BCUT2D eigenvalue weighted by Gasteiger charge is 2.21. The monoisotopic (exact) mass is 390 g/mol. The highest BCUT2D eigenvalue weighted by Crippen LogP contribution is 2.40. The molecule has 3 aromatic rings. The highest BCUT2D eigenvalue weighted by atomic mass is 32.2. The van der Waals surface area contributed by atoms with Crippen LogP contribution in [0.4, 0.5) is 17.1 Å². The van der Waals surface area contributed by atoms with Crippen LogP contribution in [0.1, 0.15) is 6.92 Å². The van der Waals surface area contributed by atoms with Crippen LogP contribution >= 0.6 is 23.1 Å². The van der Waals surface area contributed by atoms with Gasteiger partial charge in [-0.2, -0.15) is 0 Å². The third-order valence-corrected chi connectivity index (χ3v) is 5.38. The maximum Gasteiger partial charge on any atom is 0.290 e. The van der Waals surface area contributed by atoms with Crippen LogP contribution in [0.25, 0.3) is 10.2 Å². The van der Waals surface area contributed by atoms with Gasteiger partial charge in [0.2, 0.25) is 5.91 Å². The Hall–Kier alpha value is -3.05. The summed E-state index contributed by atoms with van der Waals surface area (Å²) < 4.78 is 1.36. The van der Waals surface area contributed by atoms with Crippen molar-refractivity contribution in [3.05, 3.63) is 56.6 Å². The number of carbonyl (C=O) groups excluding carboxylic acids is 1. The first-order chi connectivity index (χ1) is 12.3. The van der Waals surface area contributed by atoms with Crippen LogP contribution in [0, 0.1) is 20.2 Å². The summed E-state index contributed by atoms with van der Waals surface area (Å²) in [5.74, 6) is -0.190. The zero-order chi connectivity index (χ0) is 18.8. The van der Waals surface area contributed by atoms with Gasteiger partial charge >= 0.3 is 0 Å². The number of aromatic nitrogens is 1. The number of fused-ring (bicyclic) bond motifs is 1. The van der Waals surface area contributed by atoms with Crippen molar-refractivity contribution in [3.63, 3.8) is 0 Å². The summed E-state index contributed by atoms with van der Waals surface area (Å²) in [6.45, 7) is 1.41. The van der Waals surface area contributed by atoms with E-state index in [9.17, 15) is 25.0 Å². The van der Waals surface area contributed by atoms with Crippen molar-refractivity contribution in [2.45, 2.75) is 16.2 Å². The molecule has 3 rings (SSSR count). The van der Waals surface area contributed by atoms with Gasteiger partial charge in [0.15, 0.2) is 4.34 Å². The van der Waals surface area contributed by atoms with E-state index < -0.39 is 9.85 Å². The second kappa shape index (κ2) is 7.06. The van der Waals surface area contributed by atoms with E-state index in [0.29, 0.717) is 15.5 Å². The van der Waals surface area contributed by atoms with Gasteiger partial charge in [-0.25, -0.2) is 4.98 Å². The lowest BCUT2D eigenvalue weighted by Gasteiger charge is -2.00. The van der Waals surface area contributed by atoms with Crippen molar-refractivity contribution in [2.75, 3.05) is 5.32 Å². The Morgan fingerprint density at radius 2 is 1.92 bits per heavy atom. The number of nitrogens with one attached hydrogen (secondary N) is 1. The number of thiazole rings is 1. The molecule has 0 spiro atoms. The number of nitrogens with zero attached hydrogens (tertiary/aromatic N) is 3. The second-order valence-electron chi connectivity index (χ2n) is 5.11. The van der Waals surface area contributed by atoms with Gasteiger partial charge in [0.05, 0.1) is 31.0 Å². The Morgan fingerprint density at radius 1 is 1.15 bits per heavy atom. The molecule has 0 aliphatic heterocycles. The van der Waals surface area contributed by atoms with Crippen LogP contribution in [0.3, 0.4) is 0 Å². The maximum atomic E-state index is 11.2. The summed E-state index contributed by atoms with van der Waals surface area (Å²) in [7, 11) is 0. The van der Waals surface area contributed by atoms with Crippen molar-refractivity contribution in [3.8, 4) is 0 Å². The normalized spacial score (nSPS) is 10.7. The predicted octanol–water partition coefficient (Wildman–Crippen LogP) is 4.22. The third-order valence-electron chi connectivity index (χ3n) is 3.24. The molecule has 1 aromatic heterocycles. The molecular formula is C15H10N4O5S2. The Bertz CT molecular complexity index is 1050. The minimum Gasteiger partial charge on any atom is -0.326 e. The number of carbonyl (C=O) groups is 1. The van der Waals surface area contributed by atoms with Gasteiger partial charge in [-0.1, -0.05) is 11.8 Å². The molecule has 0 saturated heterocycles. The summed E-state index contributed by atoms with van der Waals surface area (Å²) in [6.07, 6.45) is 0. The van der Waals surface area contributed by atoms with Gasteiger partial charge in [-0.05, 0) is 24.3 Å². The lowest BCUT2D eigenvalue weighted by molar-refractivity contribution is -0.396. The fraction of sp³-hybridized carbons (Fsp3) is 0.0667. The van der Waals surface area contributed by atoms with E-state index in [0.717, 1.165) is 22.5 Å². The van der Waals surface area contributed by atoms with Crippen LogP contribution in [0.5, 0.6) is 0 Å². The summed E-state index contributed by atoms with van der Waals surface area (Å²) in [6, 6.07) is 8.72. The predicted molar refractivity (Wildman–Crippen MR) is 97.8 cm³/mol. The van der Waals surface area contributed by atoms with Crippen molar-refractivity contribution in [1.82, 2.24) is 4.98 Å². The number of non-ortho nitro benzene ring substituents is 1. The lowest BCUT2D eigenvalue weighted by Crippen LogP contribution is -2.05. The number of nitro benzene ring substituents is 2. The summed E-state index contributed by atoms with van der Waals surface area (Å²) in [4.78, 5) is 36.5. The summed E-state index contributed by atoms with van der Waals surface area (Å²) in [5.41, 5.74) is 0.635. The minimum absolute atomic E-state index is 0.190. The average molecular weight is 390 g/mol. The summed E-state index contributed by atoms with van der Waals surface area (Å²) >= 11 is 2.37. The Kier molecular flexibility index (Phi) is 4.82. The van der Waals surface area contributed by atoms with E-state index in [2.05, 4.69) is 10.3 Å². The van der Waals surface area contributed by atoms with E-state index in [4.69, 9.17) is 0 Å². The smallest absolute Gasteiger partial charge is 0.290 e. The number of anilines is 1. The maximum absolute atomic E-state index is 11.2. The van der Waals surface area contributed by atoms with Gasteiger partial charge in [0.25, 0.3) is 11.4 Å². The average Bonchev–Trinajstić information content (AvgIpc) is 2.95. The number of nitro groups is 2. The Labute approximate surface area is 154 Å². The van der Waals surface area contributed by atoms with E-state index in [1.165, 1.54) is 30.4 Å². The molecule has 11 heteroatoms. The Balaban J connectivity index is 1.94. The van der Waals surface area contributed by atoms with Crippen LogP contribution in [-0.4, -0.2) is 20.7 Å². The lowest BCUT2D eigenvalue weighted by atomic mass is 10.3. The molecule has 0 fully saturated rings. The van der Waals surface area contributed by atoms with Crippen LogP contribution in [0.15, 0.2) is 45.6 Å². The quantitative estimate of drug-likeness (QED) is 0.510. The molecule has 0 saturated carbocycles. The summed E-state index contributed by atoms with van der Waals surface area (Å²) in [5, 5.41) is 24.7. The van der Waals surface area contributed by atoms with Gasteiger partial charge in [-0.15, -0.1) is 11.3 Å². The van der Waals surface area contributed by atoms with Gasteiger partial charge in [0, 0.05) is 18.7 Å². The molecule has 1 heterocycles. The number of rotatable bonds is 5. The fourth-order valence-electron chi connectivity index (χ4n) is 2.17. The number of amides is 1. The molecule has 1 N–H and O–H groups in total. The molecule has 1 amide bonds. The topological polar surface area (TPSA) is 128 Å². The molecule has 2 aromatic carbocycles. The molecule has 0 unspecified atom stereocenters. The molecule has 0 aliphatic rings. The molecule has 0 radical (unpaired) electrons. The third kappa shape index (κ3) is 3.78. The first kappa shape index (κ1) is 17.8. The van der Waals surface area contributed by atoms with Crippen LogP contribution < -0.4 is 5.32 Å². The number of hydrogen-bond donors (Lipinski definition) is 1. The van der Waals surface area contributed by atoms with Crippen molar-refractivity contribution >= 4 is 56.3 Å². The van der Waals surface area contributed by atoms with E-state index in [1.54, 1.807) is 18.2 Å². The molecule has 26 heavy (non-hydrogen) atoms. The standard InChI is InChI=1S/C15H10N4O5S2/c1-8(20)16-9-2-4-11-14(6-9)26-15(17-11)25-13-5-3-10(18(21)22)7-12(13)19(23)24/h2-7H,1H3,(H,16,20). The van der Waals surface area contributed by atoms with E-state index in [1.807, 2.05) is 0 Å². The second-order valence-corrected chi connectivity index (χ2v) is 7.43. The molecular weight excluding hydrogens is 380 g/mol. The molecule has 9 nitrogen and oxygen atoms in total. The van der Waals surface area contributed by atoms with Gasteiger partial charge in [0.1, 0.15) is 0 Å². The first-order valence-corrected chi connectivity index (χ1v) is 8.75. The Morgan fingerprint density at radius 3 is 2.58 bits per heavy atom. The van der Waals surface area contributed by atoms with Crippen molar-refractivity contribution < 1.29 is 14.6 Å². The number of benzene rings is 2. The van der Waals surface area contributed by atoms with E-state index >= 15 is 0 Å². The van der Waals surface area contributed by atoms with Crippen LogP contribution in [-0.2, 0) is 4.79 Å². The highest BCUT2D eigenvalue weighted by molar-refractivity contribution is 8.01. The minimum atomic E-state index is -0.678. The largest absolute Gasteiger partial charge is 0.326 e. The fourth-order valence-corrected chi connectivity index (χ4v) is 4.32. The molecule has 132 valence electrons. The van der Waals surface area contributed by atoms with Gasteiger partial charge < -0.3 is 5.32 Å². The van der Waals surface area contributed by atoms with Crippen molar-refractivity contribution in [2.24, 2.45) is 0 Å². The number of hydrogen-bond acceptors (Lipinski definition) is 8. The molecule has 0 bridgehead atoms. The van der Waals surface area contributed by atoms with E-state index in [-0.39, 0.29) is 22.2 Å². The molecule has 0 atom stereocenters. The van der Waals surface area contributed by atoms with Crippen molar-refractivity contribution in [1.29, 1.82) is 0 Å². The first-order valence-electron chi connectivity index (χ1n) is 7.12. The SMILES string of the molecule is CC(=O)Nc1ccc2nc(Sc3ccc([N+](=O)[O-])cc3[N+](=O)[O-])sc2c1. The zero-order valence-corrected chi connectivity index (χ0v) is 14.8. The van der Waals surface area contributed by atoms with Crippen LogP contribution in [0.2, 0.25) is 0 Å². The molecule has 0 aliphatic carbocycles. The van der Waals surface area contributed by atoms with Gasteiger partial charge in [-0.3, -0.25) is 25.0 Å².